The summed E-state index contributed by atoms with van der Waals surface area (Å²) in [7, 11) is -1.82. The molecule has 0 rings (SSSR count). The van der Waals surface area contributed by atoms with Gasteiger partial charge >= 0.3 is 9.53 Å². The fourth-order valence-corrected chi connectivity index (χ4v) is 2.21. The third-order valence-corrected chi connectivity index (χ3v) is 3.43. The number of hydrogen-bond donors (Lipinski definition) is 1. The minimum atomic E-state index is -1.82. The molecular formula is C9H23NO3Si. The molecule has 0 atom stereocenters. The molecule has 0 aromatic rings. The number of rotatable bonds is 10. The smallest absolute Gasteiger partial charge is 0.376 e. The van der Waals surface area contributed by atoms with Crippen molar-refractivity contribution in [1.82, 2.24) is 0 Å². The van der Waals surface area contributed by atoms with Crippen molar-refractivity contribution in [2.24, 2.45) is 5.73 Å². The van der Waals surface area contributed by atoms with Gasteiger partial charge in [-0.15, -0.1) is 0 Å². The predicted octanol–water partition coefficient (Wildman–Crippen LogP) is 0.922. The maximum Gasteiger partial charge on any atom is 0.484 e. The second-order valence-electron chi connectivity index (χ2n) is 2.92. The van der Waals surface area contributed by atoms with Gasteiger partial charge in [0.05, 0.1) is 0 Å². The maximum absolute atomic E-state index is 5.52. The molecule has 0 bridgehead atoms. The first kappa shape index (κ1) is 14.1. The van der Waals surface area contributed by atoms with Crippen molar-refractivity contribution in [3.05, 3.63) is 0 Å². The normalized spacial score (nSPS) is 11.1. The molecule has 0 aliphatic rings. The molecule has 0 spiro atoms. The summed E-state index contributed by atoms with van der Waals surface area (Å²) in [4.78, 5) is 0. The summed E-state index contributed by atoms with van der Waals surface area (Å²) in [5.41, 5.74) is 5.38. The molecule has 86 valence electrons. The zero-order chi connectivity index (χ0) is 10.6. The van der Waals surface area contributed by atoms with Gasteiger partial charge in [-0.2, -0.15) is 0 Å². The molecule has 0 amide bonds. The van der Waals surface area contributed by atoms with Crippen molar-refractivity contribution in [3.8, 4) is 0 Å². The zero-order valence-corrected chi connectivity index (χ0v) is 10.5. The second-order valence-corrected chi connectivity index (χ2v) is 4.50. The molecule has 0 aromatic carbocycles. The summed E-state index contributed by atoms with van der Waals surface area (Å²) in [6, 6.07) is 0. The lowest BCUT2D eigenvalue weighted by Gasteiger charge is -2.14. The highest BCUT2D eigenvalue weighted by molar-refractivity contribution is 6.36. The molecule has 2 N–H and O–H groups in total. The topological polar surface area (TPSA) is 53.7 Å². The fraction of sp³-hybridized carbons (Fsp3) is 1.00. The van der Waals surface area contributed by atoms with Gasteiger partial charge in [-0.1, -0.05) is 0 Å². The van der Waals surface area contributed by atoms with Crippen LogP contribution in [0.2, 0.25) is 0 Å². The fourth-order valence-electron chi connectivity index (χ4n) is 1.02. The molecule has 5 heteroatoms. The van der Waals surface area contributed by atoms with Gasteiger partial charge in [0.1, 0.15) is 0 Å². The van der Waals surface area contributed by atoms with Gasteiger partial charge in [-0.05, 0) is 39.7 Å². The highest BCUT2D eigenvalue weighted by Gasteiger charge is 2.12. The Labute approximate surface area is 88.7 Å². The Hall–Kier alpha value is 0.0569. The quantitative estimate of drug-likeness (QED) is 0.440. The van der Waals surface area contributed by atoms with E-state index in [2.05, 4.69) is 0 Å². The number of nitrogens with two attached hydrogens (primary N) is 1. The van der Waals surface area contributed by atoms with Crippen LogP contribution in [0, 0.1) is 0 Å². The lowest BCUT2D eigenvalue weighted by atomic mass is 10.2. The highest BCUT2D eigenvalue weighted by Crippen LogP contribution is 1.98. The summed E-state index contributed by atoms with van der Waals surface area (Å²) in [6.07, 6.45) is 3.23. The predicted molar refractivity (Wildman–Crippen MR) is 59.3 cm³/mol. The SMILES string of the molecule is CCO[SiH](OCC)OCCCCCN. The van der Waals surface area contributed by atoms with E-state index in [9.17, 15) is 0 Å². The van der Waals surface area contributed by atoms with Crippen LogP contribution in [-0.2, 0) is 13.3 Å². The lowest BCUT2D eigenvalue weighted by molar-refractivity contribution is 0.100. The third-order valence-electron chi connectivity index (χ3n) is 1.71. The van der Waals surface area contributed by atoms with Gasteiger partial charge in [-0.25, -0.2) is 0 Å². The first-order valence-corrected chi connectivity index (χ1v) is 6.81. The van der Waals surface area contributed by atoms with Crippen molar-refractivity contribution in [2.45, 2.75) is 33.1 Å². The molecule has 4 nitrogen and oxygen atoms in total. The molecule has 0 fully saturated rings. The van der Waals surface area contributed by atoms with E-state index in [0.29, 0.717) is 13.2 Å². The van der Waals surface area contributed by atoms with Crippen LogP contribution >= 0.6 is 0 Å². The Kier molecular flexibility index (Phi) is 11.2. The average Bonchev–Trinajstić information content (AvgIpc) is 2.18. The van der Waals surface area contributed by atoms with E-state index in [1.165, 1.54) is 0 Å². The summed E-state index contributed by atoms with van der Waals surface area (Å²) in [6.45, 7) is 6.74. The van der Waals surface area contributed by atoms with Crippen LogP contribution in [0.1, 0.15) is 33.1 Å². The molecule has 0 saturated carbocycles. The van der Waals surface area contributed by atoms with Crippen LogP contribution < -0.4 is 5.73 Å². The van der Waals surface area contributed by atoms with E-state index in [0.717, 1.165) is 32.4 Å². The van der Waals surface area contributed by atoms with Gasteiger partial charge in [0.2, 0.25) is 0 Å². The van der Waals surface area contributed by atoms with Crippen LogP contribution in [0.4, 0.5) is 0 Å². The molecule has 14 heavy (non-hydrogen) atoms. The Morgan fingerprint density at radius 2 is 1.57 bits per heavy atom. The summed E-state index contributed by atoms with van der Waals surface area (Å²) >= 11 is 0. The van der Waals surface area contributed by atoms with Crippen molar-refractivity contribution in [1.29, 1.82) is 0 Å². The number of hydrogen-bond acceptors (Lipinski definition) is 4. The first-order valence-electron chi connectivity index (χ1n) is 5.40. The third kappa shape index (κ3) is 8.65. The molecule has 0 aliphatic heterocycles. The van der Waals surface area contributed by atoms with E-state index in [4.69, 9.17) is 19.0 Å². The summed E-state index contributed by atoms with van der Waals surface area (Å²) in [5, 5.41) is 0. The van der Waals surface area contributed by atoms with E-state index in [-0.39, 0.29) is 0 Å². The van der Waals surface area contributed by atoms with Crippen LogP contribution in [0.15, 0.2) is 0 Å². The molecule has 0 radical (unpaired) electrons. The van der Waals surface area contributed by atoms with Crippen LogP contribution in [0.3, 0.4) is 0 Å². The van der Waals surface area contributed by atoms with Crippen LogP contribution in [0.25, 0.3) is 0 Å². The van der Waals surface area contributed by atoms with E-state index >= 15 is 0 Å². The molecular weight excluding hydrogens is 198 g/mol. The Bertz CT molecular complexity index is 110. The summed E-state index contributed by atoms with van der Waals surface area (Å²) in [5.74, 6) is 0. The van der Waals surface area contributed by atoms with Crippen molar-refractivity contribution >= 4 is 9.53 Å². The minimum Gasteiger partial charge on any atom is -0.376 e. The second kappa shape index (κ2) is 11.1. The Balaban J connectivity index is 3.30. The minimum absolute atomic E-state index is 0.666. The largest absolute Gasteiger partial charge is 0.484 e. The monoisotopic (exact) mass is 221 g/mol. The maximum atomic E-state index is 5.52. The average molecular weight is 221 g/mol. The van der Waals surface area contributed by atoms with Crippen LogP contribution in [-0.4, -0.2) is 35.9 Å². The summed E-state index contributed by atoms with van der Waals surface area (Å²) < 4.78 is 16.2. The van der Waals surface area contributed by atoms with Gasteiger partial charge in [-0.3, -0.25) is 0 Å². The number of unbranched alkanes of at least 4 members (excludes halogenated alkanes) is 2. The van der Waals surface area contributed by atoms with Crippen molar-refractivity contribution < 1.29 is 13.3 Å². The van der Waals surface area contributed by atoms with Crippen molar-refractivity contribution in [3.63, 3.8) is 0 Å². The van der Waals surface area contributed by atoms with Gasteiger partial charge < -0.3 is 19.0 Å². The van der Waals surface area contributed by atoms with E-state index < -0.39 is 9.53 Å². The molecule has 0 heterocycles. The molecule has 0 unspecified atom stereocenters. The van der Waals surface area contributed by atoms with E-state index in [1.54, 1.807) is 0 Å². The van der Waals surface area contributed by atoms with Gasteiger partial charge in [0.15, 0.2) is 0 Å². The molecule has 0 aromatic heterocycles. The van der Waals surface area contributed by atoms with Gasteiger partial charge in [0, 0.05) is 19.8 Å². The van der Waals surface area contributed by atoms with Gasteiger partial charge in [0.25, 0.3) is 0 Å². The van der Waals surface area contributed by atoms with Crippen molar-refractivity contribution in [2.75, 3.05) is 26.4 Å². The Morgan fingerprint density at radius 1 is 0.929 bits per heavy atom. The standard InChI is InChI=1S/C9H23NO3Si/c1-3-11-14(12-4-2)13-9-7-5-6-8-10/h14H,3-10H2,1-2H3. The first-order chi connectivity index (χ1) is 6.85. The lowest BCUT2D eigenvalue weighted by Crippen LogP contribution is -2.27. The Morgan fingerprint density at radius 3 is 2.07 bits per heavy atom. The van der Waals surface area contributed by atoms with E-state index in [1.807, 2.05) is 13.8 Å². The van der Waals surface area contributed by atoms with Crippen LogP contribution in [0.5, 0.6) is 0 Å². The highest BCUT2D eigenvalue weighted by atomic mass is 28.3. The molecule has 0 saturated heterocycles. The molecule has 0 aliphatic carbocycles. The zero-order valence-electron chi connectivity index (χ0n) is 9.33.